The zero-order valence-electron chi connectivity index (χ0n) is 16.0. The van der Waals surface area contributed by atoms with Gasteiger partial charge in [0.25, 0.3) is 0 Å². The molecule has 1 aliphatic heterocycles. The van der Waals surface area contributed by atoms with Gasteiger partial charge in [-0.15, -0.1) is 4.36 Å². The number of carbonyl (C=O) groups excluding carboxylic acids is 1. The van der Waals surface area contributed by atoms with Crippen LogP contribution >= 0.6 is 0 Å². The molecule has 5 rings (SSSR count). The van der Waals surface area contributed by atoms with Crippen LogP contribution < -0.4 is 15.2 Å². The molecular weight excluding hydrogens is 397 g/mol. The molecule has 0 fully saturated rings. The van der Waals surface area contributed by atoms with Gasteiger partial charge >= 0.3 is 6.03 Å². The maximum Gasteiger partial charge on any atom is 0.354 e. The smallest absolute Gasteiger partial charge is 0.354 e. The van der Waals surface area contributed by atoms with E-state index in [4.69, 9.17) is 9.88 Å². The number of urea groups is 1. The number of fused-ring (bicyclic) bond motifs is 3. The Morgan fingerprint density at radius 3 is 3.03 bits per heavy atom. The summed E-state index contributed by atoms with van der Waals surface area (Å²) in [6.07, 6.45) is 3.58. The fourth-order valence-electron chi connectivity index (χ4n) is 4.53. The number of rotatable bonds is 2. The third-order valence-electron chi connectivity index (χ3n) is 5.74. The molecule has 29 heavy (non-hydrogen) atoms. The summed E-state index contributed by atoms with van der Waals surface area (Å²) in [6.45, 7) is 2.37. The molecule has 2 aromatic rings. The van der Waals surface area contributed by atoms with E-state index in [1.54, 1.807) is 4.68 Å². The number of nitrogens with two attached hydrogens (primary N) is 1. The van der Waals surface area contributed by atoms with Crippen LogP contribution in [0.2, 0.25) is 0 Å². The number of halogens is 1. The summed E-state index contributed by atoms with van der Waals surface area (Å²) in [4.78, 5) is 12.8. The Labute approximate surface area is 167 Å². The number of nitrogens with zero attached hydrogens (tertiary/aromatic N) is 3. The number of aromatic nitrogens is 2. The summed E-state index contributed by atoms with van der Waals surface area (Å²) in [5.41, 5.74) is 4.52. The van der Waals surface area contributed by atoms with E-state index in [1.165, 1.54) is 6.20 Å². The number of ether oxygens (including phenoxy) is 1. The zero-order valence-corrected chi connectivity index (χ0v) is 16.8. The summed E-state index contributed by atoms with van der Waals surface area (Å²) >= 11 is 0. The van der Waals surface area contributed by atoms with Crippen molar-refractivity contribution in [1.29, 1.82) is 0 Å². The number of aryl methyl sites for hydroxylation is 1. The Hall–Kier alpha value is -2.46. The summed E-state index contributed by atoms with van der Waals surface area (Å²) in [5, 5.41) is 12.8. The molecule has 0 bridgehead atoms. The largest absolute Gasteiger partial charge is 0.472 e. The summed E-state index contributed by atoms with van der Waals surface area (Å²) in [7, 11) is -3.54. The number of benzene rings is 1. The Morgan fingerprint density at radius 1 is 1.38 bits per heavy atom. The normalized spacial score (nSPS) is 23.7. The average Bonchev–Trinajstić information content (AvgIpc) is 3.36. The molecule has 1 unspecified atom stereocenters. The van der Waals surface area contributed by atoms with E-state index in [2.05, 4.69) is 20.8 Å². The first-order valence-electron chi connectivity index (χ1n) is 9.71. The van der Waals surface area contributed by atoms with E-state index in [9.17, 15) is 13.4 Å². The predicted molar refractivity (Wildman–Crippen MR) is 105 cm³/mol. The maximum atomic E-state index is 14.0. The highest BCUT2D eigenvalue weighted by Gasteiger charge is 2.31. The molecule has 3 atom stereocenters. The van der Waals surface area contributed by atoms with E-state index >= 15 is 0 Å². The number of anilines is 1. The van der Waals surface area contributed by atoms with E-state index < -0.39 is 22.1 Å². The van der Waals surface area contributed by atoms with Crippen LogP contribution in [-0.2, 0) is 42.1 Å². The quantitative estimate of drug-likeness (QED) is 0.779. The highest BCUT2D eigenvalue weighted by Crippen LogP contribution is 2.39. The van der Waals surface area contributed by atoms with Gasteiger partial charge in [-0.3, -0.25) is 0 Å². The van der Waals surface area contributed by atoms with Crippen molar-refractivity contribution < 1.29 is 18.1 Å². The highest BCUT2D eigenvalue weighted by atomic mass is 32.2. The third kappa shape index (κ3) is 3.10. The van der Waals surface area contributed by atoms with E-state index in [0.717, 1.165) is 41.5 Å². The average molecular weight is 419 g/mol. The highest BCUT2D eigenvalue weighted by molar-refractivity contribution is 7.91. The maximum absolute atomic E-state index is 14.0. The van der Waals surface area contributed by atoms with Crippen molar-refractivity contribution in [2.24, 2.45) is 9.50 Å². The lowest BCUT2D eigenvalue weighted by atomic mass is 9.99. The fourth-order valence-corrected chi connectivity index (χ4v) is 5.52. The molecular formula is C19H22FN5O3S. The van der Waals surface area contributed by atoms with Gasteiger partial charge in [-0.2, -0.15) is 5.10 Å². The van der Waals surface area contributed by atoms with Gasteiger partial charge in [-0.05, 0) is 48.4 Å². The summed E-state index contributed by atoms with van der Waals surface area (Å²) in [6, 6.07) is 1.25. The monoisotopic (exact) mass is 419 g/mol. The minimum absolute atomic E-state index is 0.101. The molecule has 2 heterocycles. The lowest BCUT2D eigenvalue weighted by molar-refractivity contribution is 0.248. The van der Waals surface area contributed by atoms with Crippen LogP contribution in [0.4, 0.5) is 14.9 Å². The van der Waals surface area contributed by atoms with Crippen LogP contribution in [0.3, 0.4) is 0 Å². The van der Waals surface area contributed by atoms with Gasteiger partial charge in [-0.25, -0.2) is 23.2 Å². The van der Waals surface area contributed by atoms with Gasteiger partial charge < -0.3 is 10.1 Å². The minimum Gasteiger partial charge on any atom is -0.472 e. The van der Waals surface area contributed by atoms with Crippen molar-refractivity contribution in [3.8, 4) is 5.88 Å². The van der Waals surface area contributed by atoms with Crippen LogP contribution in [0.15, 0.2) is 21.5 Å². The second-order valence-corrected chi connectivity index (χ2v) is 9.66. The minimum atomic E-state index is -3.54. The Balaban J connectivity index is 1.49. The van der Waals surface area contributed by atoms with Gasteiger partial charge in [0.1, 0.15) is 17.2 Å². The lowest BCUT2D eigenvalue weighted by Gasteiger charge is -2.15. The van der Waals surface area contributed by atoms with Crippen LogP contribution in [0.5, 0.6) is 5.88 Å². The van der Waals surface area contributed by atoms with Gasteiger partial charge in [0, 0.05) is 18.5 Å². The molecule has 3 aliphatic rings. The van der Waals surface area contributed by atoms with Crippen LogP contribution in [0.25, 0.3) is 0 Å². The molecule has 0 saturated carbocycles. The Morgan fingerprint density at radius 2 is 2.21 bits per heavy atom. The van der Waals surface area contributed by atoms with E-state index in [0.29, 0.717) is 18.7 Å². The molecule has 8 nitrogen and oxygen atoms in total. The van der Waals surface area contributed by atoms with Crippen LogP contribution in [0.1, 0.15) is 35.6 Å². The van der Waals surface area contributed by atoms with Crippen LogP contribution in [-0.4, -0.2) is 32.3 Å². The van der Waals surface area contributed by atoms with E-state index in [-0.39, 0.29) is 23.3 Å². The van der Waals surface area contributed by atoms with Gasteiger partial charge in [-0.1, -0.05) is 6.07 Å². The molecule has 2 amide bonds. The van der Waals surface area contributed by atoms with Crippen molar-refractivity contribution in [3.05, 3.63) is 34.5 Å². The van der Waals surface area contributed by atoms with Crippen molar-refractivity contribution in [3.63, 3.8) is 0 Å². The summed E-state index contributed by atoms with van der Waals surface area (Å²) in [5.74, 6) is 0.281. The third-order valence-corrected chi connectivity index (χ3v) is 7.08. The number of hydrogen-bond acceptors (Lipinski definition) is 4. The van der Waals surface area contributed by atoms with Gasteiger partial charge in [0.2, 0.25) is 5.88 Å². The first-order chi connectivity index (χ1) is 13.8. The molecule has 1 aromatic carbocycles. The number of alkyl halides is 1. The number of hydrogen-bond donors (Lipinski definition) is 2. The SMILES string of the molecule is C[C@H]1Cn2ncc(S(N)(=O)=NC(=O)Nc3c4c(cc5c3C[C@@H](F)C5)CCC4)c2O1. The van der Waals surface area contributed by atoms with Crippen molar-refractivity contribution in [1.82, 2.24) is 9.78 Å². The molecule has 1 aromatic heterocycles. The molecule has 0 saturated heterocycles. The molecule has 0 radical (unpaired) electrons. The molecule has 3 N–H and O–H groups in total. The number of nitrogens with one attached hydrogen (secondary N) is 1. The van der Waals surface area contributed by atoms with Gasteiger partial charge in [0.15, 0.2) is 9.92 Å². The van der Waals surface area contributed by atoms with Gasteiger partial charge in [0.05, 0.1) is 12.7 Å². The topological polar surface area (TPSA) is 112 Å². The summed E-state index contributed by atoms with van der Waals surface area (Å²) < 4.78 is 37.9. The zero-order chi connectivity index (χ0) is 20.3. The van der Waals surface area contributed by atoms with E-state index in [1.807, 2.05) is 6.92 Å². The Bertz CT molecular complexity index is 1150. The molecule has 154 valence electrons. The second kappa shape index (κ2) is 6.53. The fraction of sp³-hybridized carbons (Fsp3) is 0.474. The second-order valence-electron chi connectivity index (χ2n) is 7.90. The number of amides is 2. The molecule has 0 spiro atoms. The Kier molecular flexibility index (Phi) is 4.18. The standard InChI is InChI=1S/C19H22FN5O3S/c1-10-9-25-18(28-10)16(8-22-25)29(21,27)24-19(26)23-17-14-4-2-3-11(14)5-12-6-13(20)7-15(12)17/h5,8,10,13H,2-4,6-7,9H2,1H3,(H3,21,23,24,26,27)/t10-,13-,29?/m0/s1. The predicted octanol–water partition coefficient (Wildman–Crippen LogP) is 2.52. The first kappa shape index (κ1) is 18.6. The van der Waals surface area contributed by atoms with Crippen molar-refractivity contribution in [2.75, 3.05) is 5.32 Å². The number of carbonyl (C=O) groups is 1. The van der Waals surface area contributed by atoms with Crippen LogP contribution in [0, 0.1) is 0 Å². The van der Waals surface area contributed by atoms with Crippen molar-refractivity contribution >= 4 is 21.6 Å². The first-order valence-corrected chi connectivity index (χ1v) is 11.3. The lowest BCUT2D eigenvalue weighted by Crippen LogP contribution is -2.19. The molecule has 2 aliphatic carbocycles. The van der Waals surface area contributed by atoms with Crippen molar-refractivity contribution in [2.45, 2.75) is 62.7 Å². The molecule has 10 heteroatoms.